The van der Waals surface area contributed by atoms with Crippen LogP contribution in [0.25, 0.3) is 10.9 Å². The number of anilines is 1. The fraction of sp³-hybridized carbons (Fsp3) is 0.423. The van der Waals surface area contributed by atoms with E-state index in [1.54, 1.807) is 9.58 Å². The van der Waals surface area contributed by atoms with Crippen molar-refractivity contribution >= 4 is 50.2 Å². The Hall–Kier alpha value is -3.07. The summed E-state index contributed by atoms with van der Waals surface area (Å²) >= 11 is 3.63. The SMILES string of the molecule is CC(=O)c1nn(CC(=O)N2[C@H](C(=O)Nc3ncc4c(c3Br)CCC4)C[C@@]3(C)C[C@@H]23)c2ccccc12. The van der Waals surface area contributed by atoms with Gasteiger partial charge in [-0.05, 0) is 70.6 Å². The summed E-state index contributed by atoms with van der Waals surface area (Å²) in [6.07, 6.45) is 6.42. The van der Waals surface area contributed by atoms with Crippen LogP contribution in [-0.4, -0.2) is 49.3 Å². The Labute approximate surface area is 211 Å². The summed E-state index contributed by atoms with van der Waals surface area (Å²) in [6, 6.07) is 6.88. The fourth-order valence-electron chi connectivity index (χ4n) is 5.87. The summed E-state index contributed by atoms with van der Waals surface area (Å²) in [5.41, 5.74) is 3.47. The minimum Gasteiger partial charge on any atom is -0.325 e. The number of nitrogens with zero attached hydrogens (tertiary/aromatic N) is 4. The number of carbonyl (C=O) groups excluding carboxylic acids is 3. The van der Waals surface area contributed by atoms with E-state index in [0.717, 1.165) is 41.1 Å². The van der Waals surface area contributed by atoms with E-state index < -0.39 is 6.04 Å². The van der Waals surface area contributed by atoms with Crippen LogP contribution >= 0.6 is 15.9 Å². The number of amides is 2. The summed E-state index contributed by atoms with van der Waals surface area (Å²) in [7, 11) is 0. The quantitative estimate of drug-likeness (QED) is 0.499. The zero-order valence-electron chi connectivity index (χ0n) is 19.7. The van der Waals surface area contributed by atoms with E-state index in [2.05, 4.69) is 38.3 Å². The Morgan fingerprint density at radius 2 is 2.00 bits per heavy atom. The van der Waals surface area contributed by atoms with Gasteiger partial charge in [0, 0.05) is 24.5 Å². The first-order valence-corrected chi connectivity index (χ1v) is 12.8. The smallest absolute Gasteiger partial charge is 0.248 e. The van der Waals surface area contributed by atoms with E-state index in [9.17, 15) is 14.4 Å². The molecule has 35 heavy (non-hydrogen) atoms. The topological polar surface area (TPSA) is 97.2 Å². The number of halogens is 1. The van der Waals surface area contributed by atoms with Gasteiger partial charge in [-0.1, -0.05) is 25.1 Å². The Bertz CT molecular complexity index is 1420. The number of aromatic nitrogens is 3. The molecular formula is C26H26BrN5O3. The molecule has 3 atom stereocenters. The van der Waals surface area contributed by atoms with E-state index >= 15 is 0 Å². The third-order valence-electron chi connectivity index (χ3n) is 7.83. The van der Waals surface area contributed by atoms with Crippen LogP contribution in [0, 0.1) is 5.41 Å². The molecule has 1 saturated carbocycles. The highest BCUT2D eigenvalue weighted by atomic mass is 79.9. The summed E-state index contributed by atoms with van der Waals surface area (Å²) in [4.78, 5) is 45.3. The number of aryl methyl sites for hydroxylation is 1. The molecule has 0 radical (unpaired) electrons. The normalized spacial score (nSPS) is 24.4. The molecule has 0 spiro atoms. The van der Waals surface area contributed by atoms with Gasteiger partial charge in [-0.25, -0.2) is 4.98 Å². The zero-order valence-corrected chi connectivity index (χ0v) is 21.3. The monoisotopic (exact) mass is 535 g/mol. The number of piperidine rings is 1. The Morgan fingerprint density at radius 1 is 1.20 bits per heavy atom. The number of carbonyl (C=O) groups is 3. The predicted octanol–water partition coefficient (Wildman–Crippen LogP) is 3.90. The lowest BCUT2D eigenvalue weighted by atomic mass is 10.0. The molecule has 0 bridgehead atoms. The number of rotatable bonds is 5. The maximum atomic E-state index is 13.6. The summed E-state index contributed by atoms with van der Waals surface area (Å²) < 4.78 is 2.42. The number of nitrogens with one attached hydrogen (secondary N) is 1. The zero-order chi connectivity index (χ0) is 24.5. The molecule has 1 N–H and O–H groups in total. The molecule has 1 saturated heterocycles. The van der Waals surface area contributed by atoms with E-state index in [-0.39, 0.29) is 35.6 Å². The van der Waals surface area contributed by atoms with Gasteiger partial charge in [0.05, 0.1) is 9.99 Å². The number of hydrogen-bond donors (Lipinski definition) is 1. The van der Waals surface area contributed by atoms with Gasteiger partial charge < -0.3 is 10.2 Å². The standard InChI is InChI=1S/C26H26BrN5O3/c1-14(33)23-17-7-3-4-9-18(17)31(30-23)13-21(34)32-19(10-26(2)11-20(26)32)25(35)29-24-22(27)16-8-5-6-15(16)12-28-24/h3-4,7,9,12,19-20H,5-6,8,10-11,13H2,1-2H3,(H,28,29,35)/t19-,20+,26-/m0/s1. The van der Waals surface area contributed by atoms with Crippen LogP contribution < -0.4 is 5.32 Å². The second-order valence-electron chi connectivity index (χ2n) is 10.2. The van der Waals surface area contributed by atoms with Crippen LogP contribution in [0.5, 0.6) is 0 Å². The molecule has 1 aromatic carbocycles. The van der Waals surface area contributed by atoms with Crippen LogP contribution in [0.3, 0.4) is 0 Å². The van der Waals surface area contributed by atoms with E-state index in [1.165, 1.54) is 18.1 Å². The number of fused-ring (bicyclic) bond motifs is 3. The molecule has 2 fully saturated rings. The average Bonchev–Trinajstić information content (AvgIpc) is 3.20. The summed E-state index contributed by atoms with van der Waals surface area (Å²) in [6.45, 7) is 3.58. The van der Waals surface area contributed by atoms with Crippen molar-refractivity contribution < 1.29 is 14.4 Å². The lowest BCUT2D eigenvalue weighted by Gasteiger charge is -2.27. The number of benzene rings is 1. The molecule has 180 valence electrons. The first-order valence-electron chi connectivity index (χ1n) is 12.0. The summed E-state index contributed by atoms with van der Waals surface area (Å²) in [5.74, 6) is -0.0145. The first-order chi connectivity index (χ1) is 16.8. The van der Waals surface area contributed by atoms with Gasteiger partial charge >= 0.3 is 0 Å². The van der Waals surface area contributed by atoms with Gasteiger partial charge in [-0.15, -0.1) is 0 Å². The van der Waals surface area contributed by atoms with Gasteiger partial charge in [-0.2, -0.15) is 5.10 Å². The minimum absolute atomic E-state index is 0.0229. The molecule has 3 aliphatic rings. The van der Waals surface area contributed by atoms with Crippen molar-refractivity contribution in [2.45, 2.75) is 64.6 Å². The third kappa shape index (κ3) is 3.59. The lowest BCUT2D eigenvalue weighted by Crippen LogP contribution is -2.46. The van der Waals surface area contributed by atoms with E-state index in [1.807, 2.05) is 30.5 Å². The van der Waals surface area contributed by atoms with Crippen LogP contribution in [0.15, 0.2) is 34.9 Å². The number of Topliss-reactive ketones (excluding diaryl/α,β-unsaturated/α-hetero) is 1. The van der Waals surface area contributed by atoms with Gasteiger partial charge in [0.15, 0.2) is 5.78 Å². The highest BCUT2D eigenvalue weighted by molar-refractivity contribution is 9.10. The molecule has 3 aromatic rings. The molecule has 2 amide bonds. The molecule has 9 heteroatoms. The maximum Gasteiger partial charge on any atom is 0.248 e. The third-order valence-corrected chi connectivity index (χ3v) is 8.68. The molecule has 2 aliphatic carbocycles. The Kier molecular flexibility index (Phi) is 5.11. The van der Waals surface area contributed by atoms with Crippen molar-refractivity contribution in [1.29, 1.82) is 0 Å². The van der Waals surface area contributed by atoms with Crippen LogP contribution in [0.4, 0.5) is 5.82 Å². The summed E-state index contributed by atoms with van der Waals surface area (Å²) in [5, 5.41) is 8.15. The fourth-order valence-corrected chi connectivity index (χ4v) is 6.52. The average molecular weight is 536 g/mol. The molecular weight excluding hydrogens is 510 g/mol. The van der Waals surface area contributed by atoms with E-state index in [0.29, 0.717) is 17.9 Å². The largest absolute Gasteiger partial charge is 0.325 e. The number of para-hydroxylation sites is 1. The molecule has 2 aromatic heterocycles. The highest BCUT2D eigenvalue weighted by Gasteiger charge is 2.64. The van der Waals surface area contributed by atoms with Crippen molar-refractivity contribution in [3.63, 3.8) is 0 Å². The number of hydrogen-bond acceptors (Lipinski definition) is 5. The lowest BCUT2D eigenvalue weighted by molar-refractivity contribution is -0.138. The number of ketones is 1. The second kappa shape index (κ2) is 7.98. The number of likely N-dealkylation sites (tertiary alicyclic amines) is 1. The Morgan fingerprint density at radius 3 is 2.80 bits per heavy atom. The highest BCUT2D eigenvalue weighted by Crippen LogP contribution is 2.59. The van der Waals surface area contributed by atoms with Crippen molar-refractivity contribution in [3.8, 4) is 0 Å². The number of pyridine rings is 1. The molecule has 1 aliphatic heterocycles. The molecule has 0 unspecified atom stereocenters. The van der Waals surface area contributed by atoms with Crippen molar-refractivity contribution in [2.75, 3.05) is 5.32 Å². The van der Waals surface area contributed by atoms with Crippen molar-refractivity contribution in [3.05, 3.63) is 51.8 Å². The molecule has 3 heterocycles. The van der Waals surface area contributed by atoms with Gasteiger partial charge in [0.2, 0.25) is 11.8 Å². The van der Waals surface area contributed by atoms with Crippen LogP contribution in [0.2, 0.25) is 0 Å². The maximum absolute atomic E-state index is 13.6. The first kappa shape index (κ1) is 22.4. The van der Waals surface area contributed by atoms with E-state index in [4.69, 9.17) is 0 Å². The predicted molar refractivity (Wildman–Crippen MR) is 134 cm³/mol. The molecule has 6 rings (SSSR count). The van der Waals surface area contributed by atoms with Gasteiger partial charge in [0.1, 0.15) is 24.1 Å². The molecule has 8 nitrogen and oxygen atoms in total. The Balaban J connectivity index is 1.26. The second-order valence-corrected chi connectivity index (χ2v) is 11.0. The van der Waals surface area contributed by atoms with Crippen LogP contribution in [0.1, 0.15) is 54.7 Å². The van der Waals surface area contributed by atoms with Crippen molar-refractivity contribution in [2.24, 2.45) is 5.41 Å². The van der Waals surface area contributed by atoms with Crippen molar-refractivity contribution in [1.82, 2.24) is 19.7 Å². The minimum atomic E-state index is -0.567. The van der Waals surface area contributed by atoms with Crippen LogP contribution in [-0.2, 0) is 29.0 Å². The van der Waals surface area contributed by atoms with Gasteiger partial charge in [0.25, 0.3) is 0 Å². The van der Waals surface area contributed by atoms with Gasteiger partial charge in [-0.3, -0.25) is 19.1 Å².